The summed E-state index contributed by atoms with van der Waals surface area (Å²) in [7, 11) is 0. The normalized spacial score (nSPS) is 10.4. The zero-order valence-electron chi connectivity index (χ0n) is 12.9. The average Bonchev–Trinajstić information content (AvgIpc) is 2.46. The largest absolute Gasteiger partial charge is 0.491 e. The maximum atomic E-state index is 10.6. The third kappa shape index (κ3) is 9.05. The van der Waals surface area contributed by atoms with Gasteiger partial charge in [-0.25, -0.2) is 0 Å². The van der Waals surface area contributed by atoms with Crippen molar-refractivity contribution in [3.05, 3.63) is 24.3 Å². The molecule has 0 amide bonds. The van der Waals surface area contributed by atoms with E-state index in [2.05, 4.69) is 12.2 Å². The predicted molar refractivity (Wildman–Crippen MR) is 83.0 cm³/mol. The van der Waals surface area contributed by atoms with Gasteiger partial charge in [-0.05, 0) is 32.4 Å². The Bertz CT molecular complexity index is 409. The van der Waals surface area contributed by atoms with Crippen molar-refractivity contribution in [3.63, 3.8) is 0 Å². The minimum Gasteiger partial charge on any atom is -0.491 e. The Kier molecular flexibility index (Phi) is 9.24. The Morgan fingerprint density at radius 3 is 2.71 bits per heavy atom. The van der Waals surface area contributed by atoms with Crippen LogP contribution in [0.1, 0.15) is 20.3 Å². The van der Waals surface area contributed by atoms with E-state index in [1.54, 1.807) is 0 Å². The molecule has 21 heavy (non-hydrogen) atoms. The van der Waals surface area contributed by atoms with Crippen LogP contribution in [0, 0.1) is 0 Å². The molecule has 0 heterocycles. The third-order valence-corrected chi connectivity index (χ3v) is 2.59. The molecule has 0 saturated carbocycles. The molecule has 0 spiro atoms. The smallest absolute Gasteiger partial charge is 0.155 e. The second-order valence-electron chi connectivity index (χ2n) is 4.63. The van der Waals surface area contributed by atoms with Gasteiger partial charge in [-0.15, -0.1) is 0 Å². The van der Waals surface area contributed by atoms with Crippen LogP contribution < -0.4 is 10.1 Å². The average molecular weight is 295 g/mol. The first-order valence-electron chi connectivity index (χ1n) is 7.34. The number of anilines is 1. The fourth-order valence-electron chi connectivity index (χ4n) is 1.70. The van der Waals surface area contributed by atoms with E-state index in [0.29, 0.717) is 26.4 Å². The van der Waals surface area contributed by atoms with E-state index in [1.165, 1.54) is 6.92 Å². The van der Waals surface area contributed by atoms with Crippen molar-refractivity contribution < 1.29 is 19.0 Å². The van der Waals surface area contributed by atoms with Gasteiger partial charge in [0.1, 0.15) is 19.0 Å². The molecule has 0 unspecified atom stereocenters. The van der Waals surface area contributed by atoms with E-state index in [1.807, 2.05) is 24.3 Å². The van der Waals surface area contributed by atoms with Gasteiger partial charge in [0.15, 0.2) is 5.78 Å². The lowest BCUT2D eigenvalue weighted by Crippen LogP contribution is -2.10. The van der Waals surface area contributed by atoms with Crippen LogP contribution in [-0.2, 0) is 14.3 Å². The first kappa shape index (κ1) is 17.5. The van der Waals surface area contributed by atoms with Crippen LogP contribution in [-0.4, -0.2) is 45.4 Å². The molecular weight excluding hydrogens is 270 g/mol. The second-order valence-corrected chi connectivity index (χ2v) is 4.63. The minimum atomic E-state index is 0.0455. The Hall–Kier alpha value is -1.59. The van der Waals surface area contributed by atoms with E-state index in [4.69, 9.17) is 14.2 Å². The highest BCUT2D eigenvalue weighted by Gasteiger charge is 1.97. The van der Waals surface area contributed by atoms with Crippen molar-refractivity contribution in [1.29, 1.82) is 0 Å². The molecule has 1 N–H and O–H groups in total. The molecule has 0 aromatic heterocycles. The predicted octanol–water partition coefficient (Wildman–Crippen LogP) is 2.51. The van der Waals surface area contributed by atoms with Crippen LogP contribution >= 0.6 is 0 Å². The fraction of sp³-hybridized carbons (Fsp3) is 0.562. The summed E-state index contributed by atoms with van der Waals surface area (Å²) in [6.45, 7) is 6.86. The van der Waals surface area contributed by atoms with Gasteiger partial charge >= 0.3 is 0 Å². The molecule has 1 rings (SSSR count). The van der Waals surface area contributed by atoms with Crippen molar-refractivity contribution in [2.45, 2.75) is 20.3 Å². The number of carbonyl (C=O) groups excluding carboxylic acids is 1. The zero-order valence-corrected chi connectivity index (χ0v) is 12.9. The lowest BCUT2D eigenvalue weighted by molar-refractivity contribution is -0.121. The number of hydrogen-bond donors (Lipinski definition) is 1. The zero-order chi connectivity index (χ0) is 15.3. The van der Waals surface area contributed by atoms with Gasteiger partial charge < -0.3 is 19.5 Å². The van der Waals surface area contributed by atoms with Gasteiger partial charge in [0.05, 0.1) is 6.61 Å². The summed E-state index contributed by atoms with van der Waals surface area (Å²) in [6.07, 6.45) is 0.781. The molecule has 0 atom stereocenters. The van der Waals surface area contributed by atoms with E-state index >= 15 is 0 Å². The SMILES string of the molecule is CCNc1cccc(OCCOCCCOCC(C)=O)c1. The van der Waals surface area contributed by atoms with Gasteiger partial charge in [0.2, 0.25) is 0 Å². The Labute approximate surface area is 126 Å². The topological polar surface area (TPSA) is 56.8 Å². The van der Waals surface area contributed by atoms with Crippen LogP contribution in [0.25, 0.3) is 0 Å². The van der Waals surface area contributed by atoms with Crippen molar-refractivity contribution >= 4 is 11.5 Å². The highest BCUT2D eigenvalue weighted by Crippen LogP contribution is 2.16. The van der Waals surface area contributed by atoms with Crippen LogP contribution in [0.2, 0.25) is 0 Å². The molecule has 0 fully saturated rings. The molecule has 5 nitrogen and oxygen atoms in total. The lowest BCUT2D eigenvalue weighted by atomic mass is 10.3. The number of carbonyl (C=O) groups is 1. The van der Waals surface area contributed by atoms with Crippen LogP contribution in [0.15, 0.2) is 24.3 Å². The monoisotopic (exact) mass is 295 g/mol. The van der Waals surface area contributed by atoms with E-state index in [-0.39, 0.29) is 12.4 Å². The van der Waals surface area contributed by atoms with Crippen molar-refractivity contribution in [1.82, 2.24) is 0 Å². The van der Waals surface area contributed by atoms with E-state index in [9.17, 15) is 4.79 Å². The molecule has 0 bridgehead atoms. The summed E-state index contributed by atoms with van der Waals surface area (Å²) in [5.41, 5.74) is 1.05. The maximum Gasteiger partial charge on any atom is 0.155 e. The molecule has 0 aliphatic carbocycles. The summed E-state index contributed by atoms with van der Waals surface area (Å²) in [5, 5.41) is 3.24. The van der Waals surface area contributed by atoms with Crippen molar-refractivity contribution in [2.24, 2.45) is 0 Å². The van der Waals surface area contributed by atoms with E-state index < -0.39 is 0 Å². The summed E-state index contributed by atoms with van der Waals surface area (Å²) in [6, 6.07) is 7.87. The van der Waals surface area contributed by atoms with Crippen LogP contribution in [0.5, 0.6) is 5.75 Å². The number of nitrogens with one attached hydrogen (secondary N) is 1. The first-order chi connectivity index (χ1) is 10.2. The Morgan fingerprint density at radius 1 is 1.14 bits per heavy atom. The Morgan fingerprint density at radius 2 is 1.95 bits per heavy atom. The standard InChI is InChI=1S/C16H25NO4/c1-3-17-15-6-4-7-16(12-15)21-11-10-19-8-5-9-20-13-14(2)18/h4,6-7,12,17H,3,5,8-11,13H2,1-2H3. The molecule has 5 heteroatoms. The van der Waals surface area contributed by atoms with Crippen LogP contribution in [0.3, 0.4) is 0 Å². The highest BCUT2D eigenvalue weighted by molar-refractivity contribution is 5.76. The number of ketones is 1. The van der Waals surface area contributed by atoms with E-state index in [0.717, 1.165) is 24.4 Å². The molecule has 1 aromatic rings. The summed E-state index contributed by atoms with van der Waals surface area (Å²) >= 11 is 0. The minimum absolute atomic E-state index is 0.0455. The highest BCUT2D eigenvalue weighted by atomic mass is 16.5. The second kappa shape index (κ2) is 11.1. The number of ether oxygens (including phenoxy) is 3. The quantitative estimate of drug-likeness (QED) is 0.600. The number of benzene rings is 1. The molecule has 0 saturated heterocycles. The van der Waals surface area contributed by atoms with Gasteiger partial charge in [-0.2, -0.15) is 0 Å². The van der Waals surface area contributed by atoms with Gasteiger partial charge in [-0.1, -0.05) is 6.07 Å². The molecule has 0 radical (unpaired) electrons. The van der Waals surface area contributed by atoms with Crippen molar-refractivity contribution in [3.8, 4) is 5.75 Å². The van der Waals surface area contributed by atoms with Crippen LogP contribution in [0.4, 0.5) is 5.69 Å². The van der Waals surface area contributed by atoms with Gasteiger partial charge in [-0.3, -0.25) is 4.79 Å². The fourth-order valence-corrected chi connectivity index (χ4v) is 1.70. The molecule has 0 aliphatic rings. The number of hydrogen-bond acceptors (Lipinski definition) is 5. The number of Topliss-reactive ketones (excluding diaryl/α,β-unsaturated/α-hetero) is 1. The molecule has 1 aromatic carbocycles. The molecule has 0 aliphatic heterocycles. The molecular formula is C16H25NO4. The maximum absolute atomic E-state index is 10.6. The first-order valence-corrected chi connectivity index (χ1v) is 7.34. The summed E-state index contributed by atoms with van der Waals surface area (Å²) in [4.78, 5) is 10.6. The lowest BCUT2D eigenvalue weighted by Gasteiger charge is -2.09. The molecule has 118 valence electrons. The number of rotatable bonds is 12. The van der Waals surface area contributed by atoms with Gasteiger partial charge in [0, 0.05) is 31.5 Å². The van der Waals surface area contributed by atoms with Crippen molar-refractivity contribution in [2.75, 3.05) is 44.9 Å². The Balaban J connectivity index is 2.01. The van der Waals surface area contributed by atoms with Gasteiger partial charge in [0.25, 0.3) is 0 Å². The third-order valence-electron chi connectivity index (χ3n) is 2.59. The summed E-state index contributed by atoms with van der Waals surface area (Å²) < 4.78 is 16.2. The summed E-state index contributed by atoms with van der Waals surface area (Å²) in [5.74, 6) is 0.881.